The molecule has 1 aromatic rings. The van der Waals surface area contributed by atoms with Gasteiger partial charge in [-0.15, -0.1) is 0 Å². The molecule has 1 aliphatic heterocycles. The lowest BCUT2D eigenvalue weighted by molar-refractivity contribution is -0.277. The molecule has 1 unspecified atom stereocenters. The third-order valence-corrected chi connectivity index (χ3v) is 7.44. The average Bonchev–Trinajstić information content (AvgIpc) is 2.84. The van der Waals surface area contributed by atoms with Crippen molar-refractivity contribution < 1.29 is 44.9 Å². The van der Waals surface area contributed by atoms with E-state index in [0.29, 0.717) is 18.4 Å². The Morgan fingerprint density at radius 1 is 1.19 bits per heavy atom. The van der Waals surface area contributed by atoms with Gasteiger partial charge < -0.3 is 40.1 Å². The number of hydrogen-bond acceptors (Lipinski definition) is 8. The molecule has 1 fully saturated rings. The van der Waals surface area contributed by atoms with Crippen LogP contribution in [-0.4, -0.2) is 73.9 Å². The maximum absolute atomic E-state index is 12.6. The zero-order valence-corrected chi connectivity index (χ0v) is 21.8. The highest BCUT2D eigenvalue weighted by molar-refractivity contribution is 5.94. The number of benzene rings is 1. The second-order valence-electron chi connectivity index (χ2n) is 10.3. The second-order valence-corrected chi connectivity index (χ2v) is 10.3. The van der Waals surface area contributed by atoms with Gasteiger partial charge in [0.2, 0.25) is 6.29 Å². The minimum Gasteiger partial charge on any atom is -0.507 e. The van der Waals surface area contributed by atoms with Gasteiger partial charge in [-0.1, -0.05) is 43.6 Å². The number of aryl methyl sites for hydroxylation is 1. The molecule has 1 saturated heterocycles. The number of carboxylic acids is 1. The molecule has 7 atom stereocenters. The van der Waals surface area contributed by atoms with Gasteiger partial charge in [0.1, 0.15) is 41.5 Å². The number of phenolic OH excluding ortho intramolecular Hbond substituents is 1. The molecule has 6 N–H and O–H groups in total. The minimum absolute atomic E-state index is 0.0978. The topological polar surface area (TPSA) is 157 Å². The van der Waals surface area contributed by atoms with Gasteiger partial charge in [0, 0.05) is 11.5 Å². The predicted molar refractivity (Wildman–Crippen MR) is 137 cm³/mol. The fraction of sp³-hybridized carbons (Fsp3) is 0.607. The Balaban J connectivity index is 2.21. The fourth-order valence-electron chi connectivity index (χ4n) is 5.34. The normalized spacial score (nSPS) is 30.0. The number of aromatic carboxylic acids is 1. The molecule has 3 rings (SSSR count). The second kappa shape index (κ2) is 12.4. The molecule has 37 heavy (non-hydrogen) atoms. The van der Waals surface area contributed by atoms with Crippen LogP contribution in [0.5, 0.6) is 11.5 Å². The van der Waals surface area contributed by atoms with Crippen molar-refractivity contribution in [2.45, 2.75) is 95.9 Å². The first-order valence-corrected chi connectivity index (χ1v) is 12.9. The predicted octanol–water partition coefficient (Wildman–Crippen LogP) is 3.02. The fourth-order valence-corrected chi connectivity index (χ4v) is 5.34. The number of aromatic hydroxyl groups is 1. The molecule has 1 aromatic carbocycles. The van der Waals surface area contributed by atoms with Gasteiger partial charge in [-0.25, -0.2) is 4.79 Å². The summed E-state index contributed by atoms with van der Waals surface area (Å²) in [5.41, 5.74) is 2.41. The van der Waals surface area contributed by atoms with E-state index in [2.05, 4.69) is 6.58 Å². The van der Waals surface area contributed by atoms with Crippen LogP contribution in [-0.2, 0) is 11.2 Å². The zero-order chi connectivity index (χ0) is 27.4. The highest BCUT2D eigenvalue weighted by Crippen LogP contribution is 2.49. The Bertz CT molecular complexity index is 1020. The lowest BCUT2D eigenvalue weighted by Gasteiger charge is -2.40. The van der Waals surface area contributed by atoms with Crippen LogP contribution >= 0.6 is 0 Å². The highest BCUT2D eigenvalue weighted by atomic mass is 16.7. The summed E-state index contributed by atoms with van der Waals surface area (Å²) in [6.45, 7) is 9.33. The van der Waals surface area contributed by atoms with E-state index in [1.54, 1.807) is 0 Å². The van der Waals surface area contributed by atoms with Gasteiger partial charge >= 0.3 is 5.97 Å². The summed E-state index contributed by atoms with van der Waals surface area (Å²) in [7, 11) is 0. The molecule has 206 valence electrons. The van der Waals surface area contributed by atoms with E-state index >= 15 is 0 Å². The number of unbranched alkanes of at least 4 members (excludes halogenated alkanes) is 2. The lowest BCUT2D eigenvalue weighted by atomic mass is 9.73. The number of ether oxygens (including phenoxy) is 2. The van der Waals surface area contributed by atoms with Crippen molar-refractivity contribution in [1.82, 2.24) is 0 Å². The van der Waals surface area contributed by atoms with Crippen LogP contribution in [0.15, 0.2) is 29.9 Å². The van der Waals surface area contributed by atoms with E-state index < -0.39 is 49.2 Å². The Kier molecular flexibility index (Phi) is 9.77. The van der Waals surface area contributed by atoms with Crippen LogP contribution < -0.4 is 4.74 Å². The number of aliphatic hydroxyl groups is 4. The van der Waals surface area contributed by atoms with Crippen molar-refractivity contribution >= 4 is 5.97 Å². The smallest absolute Gasteiger partial charge is 0.339 e. The summed E-state index contributed by atoms with van der Waals surface area (Å²) < 4.78 is 11.6. The Labute approximate surface area is 217 Å². The number of carbonyl (C=O) groups is 1. The SMILES string of the molecule is C=C(C)[C@@H]1CCC(C)=C[C@@H]1c1c(O)cc(CCCCC)c(C(=O)O)c1OC1O[C@H](CO)[C@@H](O)[C@H](O)[C@H]1O. The first-order valence-electron chi connectivity index (χ1n) is 12.9. The van der Waals surface area contributed by atoms with E-state index in [4.69, 9.17) is 9.47 Å². The van der Waals surface area contributed by atoms with Gasteiger partial charge in [-0.05, 0) is 57.1 Å². The molecular weight excluding hydrogens is 480 g/mol. The Morgan fingerprint density at radius 2 is 1.89 bits per heavy atom. The summed E-state index contributed by atoms with van der Waals surface area (Å²) in [5.74, 6) is -2.12. The summed E-state index contributed by atoms with van der Waals surface area (Å²) in [6, 6.07) is 1.47. The average molecular weight is 521 g/mol. The van der Waals surface area contributed by atoms with Crippen LogP contribution in [0.3, 0.4) is 0 Å². The van der Waals surface area contributed by atoms with Gasteiger partial charge in [0.15, 0.2) is 0 Å². The molecule has 0 bridgehead atoms. The third kappa shape index (κ3) is 6.18. The van der Waals surface area contributed by atoms with Crippen molar-refractivity contribution in [2.75, 3.05) is 6.61 Å². The molecule has 2 aliphatic rings. The quantitative estimate of drug-likeness (QED) is 0.202. The standard InChI is InChI=1S/C28H40O9/c1-5-6-7-8-16-12-19(30)22(18-11-15(4)9-10-17(18)14(2)3)26(21(16)27(34)35)37-28-25(33)24(32)23(31)20(13-29)36-28/h11-12,17-18,20,23-25,28-33H,2,5-10,13H2,1,3-4H3,(H,34,35)/t17-,18-,20+,23+,24-,25+,28?/m0/s1. The van der Waals surface area contributed by atoms with E-state index in [1.165, 1.54) is 6.07 Å². The molecule has 0 saturated carbocycles. The van der Waals surface area contributed by atoms with Gasteiger partial charge in [0.25, 0.3) is 0 Å². The van der Waals surface area contributed by atoms with Crippen LogP contribution in [0.4, 0.5) is 0 Å². The molecular formula is C28H40O9. The third-order valence-electron chi connectivity index (χ3n) is 7.44. The highest BCUT2D eigenvalue weighted by Gasteiger charge is 2.46. The first-order chi connectivity index (χ1) is 17.5. The summed E-state index contributed by atoms with van der Waals surface area (Å²) in [5, 5.41) is 62.3. The van der Waals surface area contributed by atoms with Crippen LogP contribution in [0.25, 0.3) is 0 Å². The molecule has 0 spiro atoms. The summed E-state index contributed by atoms with van der Waals surface area (Å²) in [6.07, 6.45) is -1.43. The number of carboxylic acid groups (broad SMARTS) is 1. The van der Waals surface area contributed by atoms with Crippen molar-refractivity contribution in [2.24, 2.45) is 5.92 Å². The minimum atomic E-state index is -1.74. The lowest BCUT2D eigenvalue weighted by Crippen LogP contribution is -2.60. The first kappa shape index (κ1) is 29.1. The van der Waals surface area contributed by atoms with E-state index in [-0.39, 0.29) is 28.5 Å². The Hall–Kier alpha value is -2.43. The Morgan fingerprint density at radius 3 is 2.49 bits per heavy atom. The maximum Gasteiger partial charge on any atom is 0.339 e. The van der Waals surface area contributed by atoms with Crippen molar-refractivity contribution in [3.05, 3.63) is 46.6 Å². The molecule has 0 radical (unpaired) electrons. The summed E-state index contributed by atoms with van der Waals surface area (Å²) in [4.78, 5) is 12.6. The van der Waals surface area contributed by atoms with Crippen LogP contribution in [0.2, 0.25) is 0 Å². The van der Waals surface area contributed by atoms with Gasteiger partial charge in [-0.2, -0.15) is 0 Å². The molecule has 0 aromatic heterocycles. The number of rotatable bonds is 10. The van der Waals surface area contributed by atoms with Gasteiger partial charge in [0.05, 0.1) is 6.61 Å². The molecule has 0 amide bonds. The molecule has 9 heteroatoms. The number of allylic oxidation sites excluding steroid dienone is 3. The van der Waals surface area contributed by atoms with E-state index in [0.717, 1.165) is 36.8 Å². The molecule has 1 heterocycles. The van der Waals surface area contributed by atoms with E-state index in [1.807, 2.05) is 26.8 Å². The molecule has 9 nitrogen and oxygen atoms in total. The van der Waals surface area contributed by atoms with Crippen molar-refractivity contribution in [1.29, 1.82) is 0 Å². The number of phenols is 1. The zero-order valence-electron chi connectivity index (χ0n) is 21.8. The van der Waals surface area contributed by atoms with Crippen molar-refractivity contribution in [3.8, 4) is 11.5 Å². The number of hydrogen-bond donors (Lipinski definition) is 6. The van der Waals surface area contributed by atoms with Crippen LogP contribution in [0, 0.1) is 5.92 Å². The largest absolute Gasteiger partial charge is 0.507 e. The van der Waals surface area contributed by atoms with Crippen LogP contribution in [0.1, 0.15) is 80.3 Å². The maximum atomic E-state index is 12.6. The van der Waals surface area contributed by atoms with E-state index in [9.17, 15) is 35.4 Å². The van der Waals surface area contributed by atoms with Gasteiger partial charge in [-0.3, -0.25) is 0 Å². The monoisotopic (exact) mass is 520 g/mol. The number of aliphatic hydroxyl groups excluding tert-OH is 4. The van der Waals surface area contributed by atoms with Crippen molar-refractivity contribution in [3.63, 3.8) is 0 Å². The molecule has 1 aliphatic carbocycles. The summed E-state index contributed by atoms with van der Waals surface area (Å²) >= 11 is 0.